The summed E-state index contributed by atoms with van der Waals surface area (Å²) in [5, 5.41) is 8.68. The van der Waals surface area contributed by atoms with Gasteiger partial charge in [0.2, 0.25) is 5.91 Å². The average Bonchev–Trinajstić information content (AvgIpc) is 3.08. The van der Waals surface area contributed by atoms with E-state index in [1.54, 1.807) is 11.8 Å². The number of amides is 1. The first kappa shape index (κ1) is 14.4. The van der Waals surface area contributed by atoms with Gasteiger partial charge in [-0.3, -0.25) is 9.59 Å². The average molecular weight is 259 g/mol. The SMILES string of the molecule is CCCCSC(C)C(=O)N(CC(=O)O)C1CC1. The number of nitrogens with zero attached hydrogens (tertiary/aromatic N) is 1. The highest BCUT2D eigenvalue weighted by Gasteiger charge is 2.35. The number of hydrogen-bond acceptors (Lipinski definition) is 3. The summed E-state index contributed by atoms with van der Waals surface area (Å²) in [6.07, 6.45) is 4.12. The quantitative estimate of drug-likeness (QED) is 0.677. The van der Waals surface area contributed by atoms with E-state index in [0.29, 0.717) is 0 Å². The van der Waals surface area contributed by atoms with Crippen molar-refractivity contribution in [2.75, 3.05) is 12.3 Å². The molecule has 1 saturated carbocycles. The van der Waals surface area contributed by atoms with E-state index >= 15 is 0 Å². The van der Waals surface area contributed by atoms with Crippen LogP contribution in [0.4, 0.5) is 0 Å². The van der Waals surface area contributed by atoms with Crippen LogP contribution < -0.4 is 0 Å². The van der Waals surface area contributed by atoms with Crippen LogP contribution >= 0.6 is 11.8 Å². The summed E-state index contributed by atoms with van der Waals surface area (Å²) in [5.74, 6) is 0.0293. The van der Waals surface area contributed by atoms with Gasteiger partial charge in [0.1, 0.15) is 6.54 Å². The van der Waals surface area contributed by atoms with Crippen molar-refractivity contribution in [3.8, 4) is 0 Å². The lowest BCUT2D eigenvalue weighted by Crippen LogP contribution is -2.41. The Balaban J connectivity index is 2.43. The molecular formula is C12H21NO3S. The van der Waals surface area contributed by atoms with E-state index < -0.39 is 5.97 Å². The molecule has 1 aliphatic carbocycles. The first-order valence-electron chi connectivity index (χ1n) is 6.20. The molecule has 0 heterocycles. The largest absolute Gasteiger partial charge is 0.480 e. The molecule has 0 aromatic heterocycles. The molecule has 0 spiro atoms. The van der Waals surface area contributed by atoms with E-state index in [9.17, 15) is 9.59 Å². The lowest BCUT2D eigenvalue weighted by Gasteiger charge is -2.23. The number of hydrogen-bond donors (Lipinski definition) is 1. The second-order valence-corrected chi connectivity index (χ2v) is 5.91. The molecule has 1 aliphatic rings. The van der Waals surface area contributed by atoms with Gasteiger partial charge in [-0.05, 0) is 31.9 Å². The molecule has 17 heavy (non-hydrogen) atoms. The molecular weight excluding hydrogens is 238 g/mol. The molecule has 1 fully saturated rings. The summed E-state index contributed by atoms with van der Waals surface area (Å²) < 4.78 is 0. The van der Waals surface area contributed by atoms with E-state index in [2.05, 4.69) is 6.92 Å². The highest BCUT2D eigenvalue weighted by Crippen LogP contribution is 2.28. The molecule has 5 heteroatoms. The Morgan fingerprint density at radius 2 is 2.12 bits per heavy atom. The number of rotatable bonds is 8. The second-order valence-electron chi connectivity index (χ2n) is 4.46. The second kappa shape index (κ2) is 6.89. The third kappa shape index (κ3) is 4.98. The number of carbonyl (C=O) groups is 2. The maximum atomic E-state index is 12.1. The van der Waals surface area contributed by atoms with Gasteiger partial charge < -0.3 is 10.0 Å². The zero-order chi connectivity index (χ0) is 12.8. The van der Waals surface area contributed by atoms with E-state index in [-0.39, 0.29) is 23.7 Å². The number of carboxylic acid groups (broad SMARTS) is 1. The van der Waals surface area contributed by atoms with Gasteiger partial charge in [0.05, 0.1) is 5.25 Å². The zero-order valence-electron chi connectivity index (χ0n) is 10.5. The fraction of sp³-hybridized carbons (Fsp3) is 0.833. The monoisotopic (exact) mass is 259 g/mol. The summed E-state index contributed by atoms with van der Waals surface area (Å²) in [6, 6.07) is 0.174. The molecule has 0 saturated heterocycles. The van der Waals surface area contributed by atoms with Crippen molar-refractivity contribution in [2.24, 2.45) is 0 Å². The maximum absolute atomic E-state index is 12.1. The van der Waals surface area contributed by atoms with Crippen LogP contribution in [0.15, 0.2) is 0 Å². The number of unbranched alkanes of at least 4 members (excludes halogenated alkanes) is 1. The van der Waals surface area contributed by atoms with Gasteiger partial charge >= 0.3 is 5.97 Å². The standard InChI is InChI=1S/C12H21NO3S/c1-3-4-7-17-9(2)12(16)13(8-11(14)15)10-5-6-10/h9-10H,3-8H2,1-2H3,(H,14,15). The molecule has 1 unspecified atom stereocenters. The summed E-state index contributed by atoms with van der Waals surface area (Å²) >= 11 is 1.63. The fourth-order valence-electron chi connectivity index (χ4n) is 1.63. The zero-order valence-corrected chi connectivity index (χ0v) is 11.3. The smallest absolute Gasteiger partial charge is 0.323 e. The molecule has 4 nitrogen and oxygen atoms in total. The minimum absolute atomic E-state index is 0.0176. The van der Waals surface area contributed by atoms with Crippen LogP contribution in [-0.2, 0) is 9.59 Å². The van der Waals surface area contributed by atoms with E-state index in [1.165, 1.54) is 4.90 Å². The van der Waals surface area contributed by atoms with Crippen LogP contribution in [0.2, 0.25) is 0 Å². The normalized spacial score (nSPS) is 16.6. The van der Waals surface area contributed by atoms with E-state index in [0.717, 1.165) is 31.4 Å². The van der Waals surface area contributed by atoms with Gasteiger partial charge in [0.15, 0.2) is 0 Å². The van der Waals surface area contributed by atoms with Gasteiger partial charge in [0, 0.05) is 6.04 Å². The Labute approximate surface area is 107 Å². The number of carboxylic acids is 1. The Kier molecular flexibility index (Phi) is 5.82. The summed E-state index contributed by atoms with van der Waals surface area (Å²) in [6.45, 7) is 3.84. The van der Waals surface area contributed by atoms with Crippen LogP contribution in [0.5, 0.6) is 0 Å². The molecule has 1 amide bonds. The lowest BCUT2D eigenvalue weighted by atomic mass is 10.3. The molecule has 0 aromatic carbocycles. The van der Waals surface area contributed by atoms with Crippen molar-refractivity contribution in [1.29, 1.82) is 0 Å². The molecule has 0 bridgehead atoms. The van der Waals surface area contributed by atoms with Crippen LogP contribution in [0, 0.1) is 0 Å². The molecule has 1 atom stereocenters. The van der Waals surface area contributed by atoms with Crippen molar-refractivity contribution in [3.63, 3.8) is 0 Å². The third-order valence-corrected chi connectivity index (χ3v) is 4.02. The van der Waals surface area contributed by atoms with Gasteiger partial charge in [-0.25, -0.2) is 0 Å². The van der Waals surface area contributed by atoms with Gasteiger partial charge in [-0.2, -0.15) is 0 Å². The fourth-order valence-corrected chi connectivity index (χ4v) is 2.72. The molecule has 1 rings (SSSR count). The van der Waals surface area contributed by atoms with Crippen molar-refractivity contribution >= 4 is 23.6 Å². The summed E-state index contributed by atoms with van der Waals surface area (Å²) in [5.41, 5.74) is 0. The maximum Gasteiger partial charge on any atom is 0.323 e. The molecule has 0 aliphatic heterocycles. The van der Waals surface area contributed by atoms with Crippen LogP contribution in [-0.4, -0.2) is 45.5 Å². The van der Waals surface area contributed by atoms with Gasteiger partial charge in [-0.15, -0.1) is 11.8 Å². The highest BCUT2D eigenvalue weighted by molar-refractivity contribution is 8.00. The Morgan fingerprint density at radius 1 is 1.47 bits per heavy atom. The summed E-state index contributed by atoms with van der Waals surface area (Å²) in [7, 11) is 0. The first-order chi connectivity index (χ1) is 8.06. The Hall–Kier alpha value is -0.710. The van der Waals surface area contributed by atoms with Crippen molar-refractivity contribution in [1.82, 2.24) is 4.90 Å². The van der Waals surface area contributed by atoms with Gasteiger partial charge in [-0.1, -0.05) is 13.3 Å². The Bertz CT molecular complexity index is 279. The van der Waals surface area contributed by atoms with Gasteiger partial charge in [0.25, 0.3) is 0 Å². The minimum Gasteiger partial charge on any atom is -0.480 e. The van der Waals surface area contributed by atoms with E-state index in [1.807, 2.05) is 6.92 Å². The number of carbonyl (C=O) groups excluding carboxylic acids is 1. The minimum atomic E-state index is -0.920. The lowest BCUT2D eigenvalue weighted by molar-refractivity contribution is -0.144. The highest BCUT2D eigenvalue weighted by atomic mass is 32.2. The number of aliphatic carboxylic acids is 1. The molecule has 1 N–H and O–H groups in total. The van der Waals surface area contributed by atoms with Crippen molar-refractivity contribution in [3.05, 3.63) is 0 Å². The molecule has 0 aromatic rings. The van der Waals surface area contributed by atoms with Crippen LogP contribution in [0.25, 0.3) is 0 Å². The molecule has 98 valence electrons. The Morgan fingerprint density at radius 3 is 2.59 bits per heavy atom. The van der Waals surface area contributed by atoms with E-state index in [4.69, 9.17) is 5.11 Å². The van der Waals surface area contributed by atoms with Crippen LogP contribution in [0.1, 0.15) is 39.5 Å². The predicted octanol–water partition coefficient (Wildman–Crippen LogP) is 1.98. The van der Waals surface area contributed by atoms with Crippen LogP contribution in [0.3, 0.4) is 0 Å². The first-order valence-corrected chi connectivity index (χ1v) is 7.25. The van der Waals surface area contributed by atoms with Crippen molar-refractivity contribution < 1.29 is 14.7 Å². The number of thioether (sulfide) groups is 1. The third-order valence-electron chi connectivity index (χ3n) is 2.79. The topological polar surface area (TPSA) is 57.6 Å². The summed E-state index contributed by atoms with van der Waals surface area (Å²) in [4.78, 5) is 24.4. The van der Waals surface area contributed by atoms with Crippen molar-refractivity contribution in [2.45, 2.75) is 50.8 Å². The molecule has 0 radical (unpaired) electrons. The predicted molar refractivity (Wildman–Crippen MR) is 69.2 cm³/mol.